The zero-order valence-corrected chi connectivity index (χ0v) is 12.2. The molecular weight excluding hydrogens is 320 g/mol. The minimum Gasteiger partial charge on any atom is -0.326 e. The van der Waals surface area contributed by atoms with Crippen LogP contribution in [0.2, 0.25) is 4.34 Å². The number of amides is 1. The third-order valence-corrected chi connectivity index (χ3v) is 3.85. The van der Waals surface area contributed by atoms with Gasteiger partial charge in [0.15, 0.2) is 5.78 Å². The van der Waals surface area contributed by atoms with E-state index in [-0.39, 0.29) is 24.3 Å². The Morgan fingerprint density at radius 3 is 2.33 bits per heavy atom. The van der Waals surface area contributed by atoms with E-state index in [2.05, 4.69) is 5.32 Å². The molecule has 0 unspecified atom stereocenters. The Morgan fingerprint density at radius 1 is 1.10 bits per heavy atom. The second-order valence-corrected chi connectivity index (χ2v) is 5.95. The van der Waals surface area contributed by atoms with Gasteiger partial charge in [0.05, 0.1) is 9.21 Å². The van der Waals surface area contributed by atoms with Crippen LogP contribution in [-0.2, 0) is 4.79 Å². The van der Waals surface area contributed by atoms with Crippen molar-refractivity contribution in [1.82, 2.24) is 0 Å². The highest BCUT2D eigenvalue weighted by Gasteiger charge is 2.12. The van der Waals surface area contributed by atoms with Crippen LogP contribution in [0.4, 0.5) is 14.5 Å². The van der Waals surface area contributed by atoms with Crippen molar-refractivity contribution in [2.24, 2.45) is 0 Å². The Bertz CT molecular complexity index is 667. The second kappa shape index (κ2) is 6.78. The van der Waals surface area contributed by atoms with Gasteiger partial charge in [-0.25, -0.2) is 8.78 Å². The standard InChI is InChI=1S/C14H10ClF2NO2S/c15-13-3-2-12(21-13)11(19)1-4-14(20)18-10-6-8(16)5-9(17)7-10/h2-3,5-7H,1,4H2,(H,18,20). The molecule has 1 heterocycles. The Hall–Kier alpha value is -1.79. The summed E-state index contributed by atoms with van der Waals surface area (Å²) in [5, 5.41) is 2.34. The van der Waals surface area contributed by atoms with E-state index >= 15 is 0 Å². The summed E-state index contributed by atoms with van der Waals surface area (Å²) in [6, 6.07) is 5.91. The maximum atomic E-state index is 13.0. The molecule has 0 bridgehead atoms. The first-order chi connectivity index (χ1) is 9.94. The fraction of sp³-hybridized carbons (Fsp3) is 0.143. The van der Waals surface area contributed by atoms with Gasteiger partial charge < -0.3 is 5.32 Å². The van der Waals surface area contributed by atoms with Crippen molar-refractivity contribution in [2.45, 2.75) is 12.8 Å². The number of halogens is 3. The molecule has 1 amide bonds. The monoisotopic (exact) mass is 329 g/mol. The lowest BCUT2D eigenvalue weighted by Gasteiger charge is -2.05. The van der Waals surface area contributed by atoms with Crippen molar-refractivity contribution in [3.8, 4) is 0 Å². The molecule has 0 aliphatic carbocycles. The van der Waals surface area contributed by atoms with Gasteiger partial charge in [0.1, 0.15) is 11.6 Å². The molecule has 0 radical (unpaired) electrons. The van der Waals surface area contributed by atoms with Crippen LogP contribution >= 0.6 is 22.9 Å². The Balaban J connectivity index is 1.88. The third kappa shape index (κ3) is 4.61. The minimum absolute atomic E-state index is 0.000470. The number of ketones is 1. The molecule has 0 aliphatic rings. The number of hydrogen-bond acceptors (Lipinski definition) is 3. The largest absolute Gasteiger partial charge is 0.326 e. The van der Waals surface area contributed by atoms with Crippen molar-refractivity contribution < 1.29 is 18.4 Å². The molecule has 1 N–H and O–H groups in total. The van der Waals surface area contributed by atoms with Gasteiger partial charge in [0.25, 0.3) is 0 Å². The smallest absolute Gasteiger partial charge is 0.224 e. The van der Waals surface area contributed by atoms with Crippen LogP contribution in [0.1, 0.15) is 22.5 Å². The first-order valence-corrected chi connectivity index (χ1v) is 7.18. The summed E-state index contributed by atoms with van der Waals surface area (Å²) in [4.78, 5) is 23.9. The van der Waals surface area contributed by atoms with E-state index in [4.69, 9.17) is 11.6 Å². The zero-order chi connectivity index (χ0) is 15.4. The average molecular weight is 330 g/mol. The Morgan fingerprint density at radius 2 is 1.76 bits per heavy atom. The summed E-state index contributed by atoms with van der Waals surface area (Å²) in [5.74, 6) is -2.26. The first-order valence-electron chi connectivity index (χ1n) is 5.98. The molecule has 0 saturated carbocycles. The minimum atomic E-state index is -0.783. The molecular formula is C14H10ClF2NO2S. The lowest BCUT2D eigenvalue weighted by molar-refractivity contribution is -0.116. The lowest BCUT2D eigenvalue weighted by atomic mass is 10.2. The molecule has 0 spiro atoms. The number of anilines is 1. The zero-order valence-electron chi connectivity index (χ0n) is 10.7. The van der Waals surface area contributed by atoms with Crippen LogP contribution in [0.15, 0.2) is 30.3 Å². The normalized spacial score (nSPS) is 10.4. The van der Waals surface area contributed by atoms with Gasteiger partial charge in [-0.2, -0.15) is 0 Å². The second-order valence-electron chi connectivity index (χ2n) is 4.23. The van der Waals surface area contributed by atoms with Gasteiger partial charge in [-0.1, -0.05) is 11.6 Å². The summed E-state index contributed by atoms with van der Waals surface area (Å²) < 4.78 is 26.4. The molecule has 7 heteroatoms. The maximum Gasteiger partial charge on any atom is 0.224 e. The number of carbonyl (C=O) groups is 2. The number of rotatable bonds is 5. The summed E-state index contributed by atoms with van der Waals surface area (Å²) in [6.45, 7) is 0. The highest BCUT2D eigenvalue weighted by molar-refractivity contribution is 7.18. The van der Waals surface area contributed by atoms with Crippen LogP contribution < -0.4 is 5.32 Å². The van der Waals surface area contributed by atoms with Crippen molar-refractivity contribution in [3.63, 3.8) is 0 Å². The summed E-state index contributed by atoms with van der Waals surface area (Å²) in [6.07, 6.45) is -0.0764. The van der Waals surface area contributed by atoms with Crippen LogP contribution in [-0.4, -0.2) is 11.7 Å². The number of benzene rings is 1. The SMILES string of the molecule is O=C(CCC(=O)c1ccc(Cl)s1)Nc1cc(F)cc(F)c1. The van der Waals surface area contributed by atoms with Gasteiger partial charge in [-0.15, -0.1) is 11.3 Å². The molecule has 0 atom stereocenters. The number of thiophene rings is 1. The van der Waals surface area contributed by atoms with Gasteiger partial charge >= 0.3 is 0 Å². The van der Waals surface area contributed by atoms with Gasteiger partial charge in [-0.05, 0) is 24.3 Å². The van der Waals surface area contributed by atoms with Gasteiger partial charge in [-0.3, -0.25) is 9.59 Å². The predicted octanol–water partition coefficient (Wildman–Crippen LogP) is 4.28. The molecule has 0 saturated heterocycles. The number of nitrogens with one attached hydrogen (secondary N) is 1. The average Bonchev–Trinajstić information content (AvgIpc) is 2.81. The molecule has 1 aromatic heterocycles. The number of hydrogen-bond donors (Lipinski definition) is 1. The van der Waals surface area contributed by atoms with Crippen LogP contribution in [0.25, 0.3) is 0 Å². The number of Topliss-reactive ketones (excluding diaryl/α,β-unsaturated/α-hetero) is 1. The van der Waals surface area contributed by atoms with E-state index in [0.717, 1.165) is 23.5 Å². The van der Waals surface area contributed by atoms with E-state index in [9.17, 15) is 18.4 Å². The molecule has 2 aromatic rings. The van der Waals surface area contributed by atoms with Crippen LogP contribution in [0.5, 0.6) is 0 Å². The fourth-order valence-electron chi connectivity index (χ4n) is 1.66. The van der Waals surface area contributed by atoms with E-state index in [1.807, 2.05) is 0 Å². The van der Waals surface area contributed by atoms with E-state index in [0.29, 0.717) is 15.3 Å². The molecule has 0 fully saturated rings. The summed E-state index contributed by atoms with van der Waals surface area (Å²) in [7, 11) is 0. The summed E-state index contributed by atoms with van der Waals surface area (Å²) >= 11 is 6.86. The predicted molar refractivity (Wildman–Crippen MR) is 77.9 cm³/mol. The maximum absolute atomic E-state index is 13.0. The highest BCUT2D eigenvalue weighted by Crippen LogP contribution is 2.23. The van der Waals surface area contributed by atoms with Crippen LogP contribution in [0.3, 0.4) is 0 Å². The molecule has 3 nitrogen and oxygen atoms in total. The van der Waals surface area contributed by atoms with Gasteiger partial charge in [0, 0.05) is 24.6 Å². The van der Waals surface area contributed by atoms with E-state index in [1.54, 1.807) is 12.1 Å². The molecule has 1 aromatic carbocycles. The Labute approximate surface area is 128 Å². The van der Waals surface area contributed by atoms with E-state index < -0.39 is 17.5 Å². The molecule has 2 rings (SSSR count). The highest BCUT2D eigenvalue weighted by atomic mass is 35.5. The van der Waals surface area contributed by atoms with Gasteiger partial charge in [0.2, 0.25) is 5.91 Å². The molecule has 110 valence electrons. The van der Waals surface area contributed by atoms with Crippen molar-refractivity contribution >= 4 is 40.3 Å². The first kappa shape index (κ1) is 15.6. The summed E-state index contributed by atoms with van der Waals surface area (Å²) in [5.41, 5.74) is 0.0177. The van der Waals surface area contributed by atoms with Crippen molar-refractivity contribution in [1.29, 1.82) is 0 Å². The quantitative estimate of drug-likeness (QED) is 0.832. The molecule has 0 aliphatic heterocycles. The fourth-order valence-corrected chi connectivity index (χ4v) is 2.67. The Kier molecular flexibility index (Phi) is 5.03. The molecule has 21 heavy (non-hydrogen) atoms. The van der Waals surface area contributed by atoms with Crippen molar-refractivity contribution in [3.05, 3.63) is 51.2 Å². The van der Waals surface area contributed by atoms with Crippen LogP contribution in [0, 0.1) is 11.6 Å². The topological polar surface area (TPSA) is 46.2 Å². The van der Waals surface area contributed by atoms with Crippen molar-refractivity contribution in [2.75, 3.05) is 5.32 Å². The number of carbonyl (C=O) groups excluding carboxylic acids is 2. The van der Waals surface area contributed by atoms with E-state index in [1.165, 1.54) is 0 Å². The lowest BCUT2D eigenvalue weighted by Crippen LogP contribution is -2.13. The third-order valence-electron chi connectivity index (χ3n) is 2.57.